The molecule has 0 aromatic heterocycles. The first kappa shape index (κ1) is 41.4. The quantitative estimate of drug-likeness (QED) is 0.0777. The highest BCUT2D eigenvalue weighted by Crippen LogP contribution is 2.42. The van der Waals surface area contributed by atoms with Crippen molar-refractivity contribution in [2.75, 3.05) is 50.0 Å². The Hall–Kier alpha value is -5.21. The second-order valence-electron chi connectivity index (χ2n) is 14.2. The van der Waals surface area contributed by atoms with E-state index in [-0.39, 0.29) is 36.2 Å². The summed E-state index contributed by atoms with van der Waals surface area (Å²) in [7, 11) is -3.97. The Balaban J connectivity index is 1.37. The van der Waals surface area contributed by atoms with Crippen LogP contribution in [0.1, 0.15) is 36.1 Å². The zero-order valence-electron chi connectivity index (χ0n) is 32.0. The molecule has 1 saturated heterocycles. The van der Waals surface area contributed by atoms with Crippen LogP contribution < -0.4 is 9.04 Å². The van der Waals surface area contributed by atoms with Crippen LogP contribution in [0.4, 0.5) is 18.9 Å². The summed E-state index contributed by atoms with van der Waals surface area (Å²) in [6, 6.07) is 38.5. The monoisotopic (exact) mass is 801 g/mol. The predicted octanol–water partition coefficient (Wildman–Crippen LogP) is 8.37. The maximum atomic E-state index is 15.3. The Kier molecular flexibility index (Phi) is 13.0. The number of hydrogen-bond acceptors (Lipinski definition) is 7. The topological polar surface area (TPSA) is 88.6 Å². The molecule has 1 aliphatic heterocycles. The fourth-order valence-electron chi connectivity index (χ4n) is 6.87. The van der Waals surface area contributed by atoms with Gasteiger partial charge in [-0.2, -0.15) is 13.2 Å². The number of alkyl halides is 3. The highest BCUT2D eigenvalue weighted by molar-refractivity contribution is 7.92. The number of nitrogens with zero attached hydrogens (tertiary/aromatic N) is 3. The molecule has 0 radical (unpaired) electrons. The average molecular weight is 802 g/mol. The third-order valence-corrected chi connectivity index (χ3v) is 10.8. The van der Waals surface area contributed by atoms with Gasteiger partial charge in [-0.3, -0.25) is 14.0 Å². The maximum Gasteiger partial charge on any atom is 0.416 e. The number of benzene rings is 5. The standard InChI is InChI=1S/C44H46F3N3O6S/c1-33(2)31-49(56-43(34-13-7-4-8-14-34,35-15-9-5-10-16-35)36-17-11-6-12-18-36)42(51)41(48-27-29-54-30-28-48)32-50(57(3,52)53)38-21-25-40(26-22-38)55-39-23-19-37(20-24-39)44(45,46)47/h4-26,33,41H,27-32H2,1-3H3. The van der Waals surface area contributed by atoms with Gasteiger partial charge in [0.2, 0.25) is 10.0 Å². The zero-order valence-corrected chi connectivity index (χ0v) is 32.8. The fraction of sp³-hybridized carbons (Fsp3) is 0.295. The Morgan fingerprint density at radius 2 is 1.16 bits per heavy atom. The van der Waals surface area contributed by atoms with Crippen LogP contribution in [0.3, 0.4) is 0 Å². The van der Waals surface area contributed by atoms with Crippen LogP contribution in [0.15, 0.2) is 140 Å². The summed E-state index contributed by atoms with van der Waals surface area (Å²) in [5, 5.41) is 1.40. The number of hydroxylamine groups is 2. The largest absolute Gasteiger partial charge is 0.457 e. The number of rotatable bonds is 15. The van der Waals surface area contributed by atoms with Gasteiger partial charge < -0.3 is 9.47 Å². The fourth-order valence-corrected chi connectivity index (χ4v) is 7.79. The van der Waals surface area contributed by atoms with Gasteiger partial charge >= 0.3 is 6.18 Å². The van der Waals surface area contributed by atoms with E-state index in [0.29, 0.717) is 26.3 Å². The molecule has 6 rings (SSSR count). The van der Waals surface area contributed by atoms with Gasteiger partial charge in [0.25, 0.3) is 5.91 Å². The molecule has 1 unspecified atom stereocenters. The lowest BCUT2D eigenvalue weighted by Crippen LogP contribution is -2.58. The van der Waals surface area contributed by atoms with Crippen LogP contribution >= 0.6 is 0 Å². The molecule has 0 spiro atoms. The lowest BCUT2D eigenvalue weighted by Gasteiger charge is -2.43. The number of hydrogen-bond donors (Lipinski definition) is 0. The van der Waals surface area contributed by atoms with E-state index in [1.54, 1.807) is 0 Å². The van der Waals surface area contributed by atoms with E-state index < -0.39 is 39.3 Å². The molecule has 1 aliphatic rings. The van der Waals surface area contributed by atoms with Gasteiger partial charge in [0, 0.05) is 13.1 Å². The van der Waals surface area contributed by atoms with E-state index >= 15 is 4.79 Å². The molecule has 13 heteroatoms. The summed E-state index contributed by atoms with van der Waals surface area (Å²) in [6.07, 6.45) is -3.41. The van der Waals surface area contributed by atoms with Crippen molar-refractivity contribution < 1.29 is 40.7 Å². The number of carbonyl (C=O) groups is 1. The molecule has 1 atom stereocenters. The lowest BCUT2D eigenvalue weighted by molar-refractivity contribution is -0.230. The second-order valence-corrected chi connectivity index (χ2v) is 16.1. The van der Waals surface area contributed by atoms with E-state index in [9.17, 15) is 21.6 Å². The van der Waals surface area contributed by atoms with Crippen LogP contribution in [-0.2, 0) is 36.2 Å². The van der Waals surface area contributed by atoms with Gasteiger partial charge in [0.05, 0.1) is 43.8 Å². The zero-order chi connectivity index (χ0) is 40.6. The smallest absolute Gasteiger partial charge is 0.416 e. The van der Waals surface area contributed by atoms with Gasteiger partial charge in [-0.1, -0.05) is 105 Å². The molecule has 57 heavy (non-hydrogen) atoms. The molecule has 9 nitrogen and oxygen atoms in total. The average Bonchev–Trinajstić information content (AvgIpc) is 3.21. The molecule has 1 amide bonds. The lowest BCUT2D eigenvalue weighted by atomic mass is 9.80. The van der Waals surface area contributed by atoms with Crippen molar-refractivity contribution >= 4 is 21.6 Å². The van der Waals surface area contributed by atoms with Crippen molar-refractivity contribution in [3.8, 4) is 11.5 Å². The minimum atomic E-state index is -4.48. The van der Waals surface area contributed by atoms with Gasteiger partial charge in [-0.25, -0.2) is 18.3 Å². The molecule has 0 N–H and O–H groups in total. The minimum Gasteiger partial charge on any atom is -0.457 e. The summed E-state index contributed by atoms with van der Waals surface area (Å²) in [6.45, 7) is 5.39. The van der Waals surface area contributed by atoms with Crippen molar-refractivity contribution in [1.82, 2.24) is 9.96 Å². The number of halogens is 3. The number of morpholine rings is 1. The van der Waals surface area contributed by atoms with Gasteiger partial charge in [-0.05, 0) is 71.1 Å². The highest BCUT2D eigenvalue weighted by Gasteiger charge is 2.44. The van der Waals surface area contributed by atoms with Gasteiger partial charge in [0.15, 0.2) is 5.60 Å². The molecular weight excluding hydrogens is 756 g/mol. The summed E-state index contributed by atoms with van der Waals surface area (Å²) in [5.74, 6) is -0.00363. The first-order valence-corrected chi connectivity index (χ1v) is 20.5. The first-order valence-electron chi connectivity index (χ1n) is 18.7. The van der Waals surface area contributed by atoms with Crippen LogP contribution in [0, 0.1) is 5.92 Å². The van der Waals surface area contributed by atoms with E-state index in [1.165, 1.54) is 45.8 Å². The van der Waals surface area contributed by atoms with Crippen molar-refractivity contribution in [2.24, 2.45) is 5.92 Å². The van der Waals surface area contributed by atoms with Crippen molar-refractivity contribution in [1.29, 1.82) is 0 Å². The summed E-state index contributed by atoms with van der Waals surface area (Å²) >= 11 is 0. The third-order valence-electron chi connectivity index (χ3n) is 9.62. The molecule has 1 fully saturated rings. The third kappa shape index (κ3) is 10.0. The van der Waals surface area contributed by atoms with E-state index in [1.807, 2.05) is 110 Å². The number of ether oxygens (including phenoxy) is 2. The summed E-state index contributed by atoms with van der Waals surface area (Å²) in [5.41, 5.74) is 0.576. The Labute approximate surface area is 332 Å². The normalized spacial score (nSPS) is 14.6. The molecule has 0 aliphatic carbocycles. The molecule has 5 aromatic carbocycles. The number of anilines is 1. The summed E-state index contributed by atoms with van der Waals surface area (Å²) in [4.78, 5) is 24.4. The molecule has 5 aromatic rings. The Bertz CT molecular complexity index is 2050. The molecule has 300 valence electrons. The van der Waals surface area contributed by atoms with Crippen molar-refractivity contribution in [3.63, 3.8) is 0 Å². The Morgan fingerprint density at radius 3 is 1.58 bits per heavy atom. The van der Waals surface area contributed by atoms with Gasteiger partial charge in [0.1, 0.15) is 17.5 Å². The minimum absolute atomic E-state index is 0.0393. The second kappa shape index (κ2) is 17.9. The van der Waals surface area contributed by atoms with Crippen LogP contribution in [-0.4, -0.2) is 76.0 Å². The van der Waals surface area contributed by atoms with E-state index in [4.69, 9.17) is 14.3 Å². The van der Waals surface area contributed by atoms with E-state index in [2.05, 4.69) is 0 Å². The van der Waals surface area contributed by atoms with Crippen molar-refractivity contribution in [3.05, 3.63) is 162 Å². The summed E-state index contributed by atoms with van der Waals surface area (Å²) < 4.78 is 79.0. The number of amides is 1. The predicted molar refractivity (Wildman–Crippen MR) is 213 cm³/mol. The van der Waals surface area contributed by atoms with Gasteiger partial charge in [-0.15, -0.1) is 0 Å². The van der Waals surface area contributed by atoms with Crippen LogP contribution in [0.5, 0.6) is 11.5 Å². The SMILES string of the molecule is CC(C)CN(OC(c1ccccc1)(c1ccccc1)c1ccccc1)C(=O)C(CN(c1ccc(Oc2ccc(C(F)(F)F)cc2)cc1)S(C)(=O)=O)N1CCOCC1. The van der Waals surface area contributed by atoms with Crippen LogP contribution in [0.25, 0.3) is 0 Å². The number of carbonyl (C=O) groups excluding carboxylic acids is 1. The molecular formula is C44H46F3N3O6S. The number of sulfonamides is 1. The highest BCUT2D eigenvalue weighted by atomic mass is 32.2. The Morgan fingerprint density at radius 1 is 0.702 bits per heavy atom. The molecule has 0 saturated carbocycles. The molecule has 0 bridgehead atoms. The van der Waals surface area contributed by atoms with E-state index in [0.717, 1.165) is 35.1 Å². The van der Waals surface area contributed by atoms with Crippen molar-refractivity contribution in [2.45, 2.75) is 31.7 Å². The maximum absolute atomic E-state index is 15.3. The molecule has 1 heterocycles. The first-order chi connectivity index (χ1) is 27.3. The van der Waals surface area contributed by atoms with Crippen LogP contribution in [0.2, 0.25) is 0 Å².